The Balaban J connectivity index is 2.55. The molecule has 1 aromatic heterocycles. The largest absolute Gasteiger partial charge is 0.318 e. The maximum atomic E-state index is 5.91. The van der Waals surface area contributed by atoms with Crippen LogP contribution in [0.1, 0.15) is 0 Å². The lowest BCUT2D eigenvalue weighted by Gasteiger charge is -2.02. The molecule has 0 aliphatic rings. The summed E-state index contributed by atoms with van der Waals surface area (Å²) < 4.78 is 2.89. The first-order chi connectivity index (χ1) is 6.68. The summed E-state index contributed by atoms with van der Waals surface area (Å²) in [5.74, 6) is 0.872. The number of hydrogen-bond acceptors (Lipinski definition) is 1. The molecular formula is C10H8BrClN2. The Morgan fingerprint density at radius 1 is 1.43 bits per heavy atom. The van der Waals surface area contributed by atoms with E-state index < -0.39 is 0 Å². The summed E-state index contributed by atoms with van der Waals surface area (Å²) in [6, 6.07) is 7.97. The summed E-state index contributed by atoms with van der Waals surface area (Å²) in [7, 11) is 1.89. The van der Waals surface area contributed by atoms with Crippen molar-refractivity contribution in [2.24, 2.45) is 7.05 Å². The van der Waals surface area contributed by atoms with E-state index in [0.717, 1.165) is 15.9 Å². The van der Waals surface area contributed by atoms with Crippen molar-refractivity contribution in [1.29, 1.82) is 0 Å². The maximum absolute atomic E-state index is 5.91. The van der Waals surface area contributed by atoms with E-state index in [-0.39, 0.29) is 0 Å². The van der Waals surface area contributed by atoms with Gasteiger partial charge in [-0.05, 0) is 12.1 Å². The molecular weight excluding hydrogens is 263 g/mol. The van der Waals surface area contributed by atoms with E-state index in [1.54, 1.807) is 6.20 Å². The summed E-state index contributed by atoms with van der Waals surface area (Å²) in [5, 5.41) is 0.639. The third-order valence-corrected chi connectivity index (χ3v) is 2.86. The van der Waals surface area contributed by atoms with Crippen molar-refractivity contribution in [2.75, 3.05) is 0 Å². The molecule has 0 fully saturated rings. The van der Waals surface area contributed by atoms with Crippen molar-refractivity contribution in [2.45, 2.75) is 0 Å². The number of benzene rings is 1. The molecule has 0 spiro atoms. The van der Waals surface area contributed by atoms with Crippen LogP contribution in [0.2, 0.25) is 5.15 Å². The molecule has 0 amide bonds. The van der Waals surface area contributed by atoms with Gasteiger partial charge in [0, 0.05) is 17.1 Å². The summed E-state index contributed by atoms with van der Waals surface area (Å²) in [6.07, 6.45) is 1.65. The predicted octanol–water partition coefficient (Wildman–Crippen LogP) is 3.50. The second-order valence-corrected chi connectivity index (χ2v) is 4.28. The fraction of sp³-hybridized carbons (Fsp3) is 0.100. The molecule has 2 nitrogen and oxygen atoms in total. The number of nitrogens with zero attached hydrogens (tertiary/aromatic N) is 2. The molecule has 72 valence electrons. The molecule has 14 heavy (non-hydrogen) atoms. The fourth-order valence-corrected chi connectivity index (χ4v) is 1.81. The van der Waals surface area contributed by atoms with Crippen LogP contribution in [0.4, 0.5) is 0 Å². The molecule has 0 aliphatic carbocycles. The van der Waals surface area contributed by atoms with Gasteiger partial charge >= 0.3 is 0 Å². The summed E-state index contributed by atoms with van der Waals surface area (Å²) in [5.41, 5.74) is 1.05. The molecule has 0 atom stereocenters. The molecule has 0 saturated heterocycles. The monoisotopic (exact) mass is 270 g/mol. The van der Waals surface area contributed by atoms with Crippen LogP contribution in [-0.4, -0.2) is 9.55 Å². The Bertz CT molecular complexity index is 465. The number of rotatable bonds is 1. The lowest BCUT2D eigenvalue weighted by Crippen LogP contribution is -1.92. The average Bonchev–Trinajstić information content (AvgIpc) is 2.48. The lowest BCUT2D eigenvalue weighted by atomic mass is 10.2. The van der Waals surface area contributed by atoms with Gasteiger partial charge in [0.05, 0.1) is 6.20 Å². The first-order valence-corrected chi connectivity index (χ1v) is 5.29. The highest BCUT2D eigenvalue weighted by Crippen LogP contribution is 2.23. The summed E-state index contributed by atoms with van der Waals surface area (Å²) in [6.45, 7) is 0. The molecule has 1 heterocycles. The Kier molecular flexibility index (Phi) is 2.61. The van der Waals surface area contributed by atoms with Gasteiger partial charge in [0.2, 0.25) is 0 Å². The zero-order valence-electron chi connectivity index (χ0n) is 7.54. The quantitative estimate of drug-likeness (QED) is 0.776. The zero-order chi connectivity index (χ0) is 10.1. The van der Waals surface area contributed by atoms with Crippen LogP contribution in [0.3, 0.4) is 0 Å². The molecule has 0 aliphatic heterocycles. The molecule has 0 saturated carbocycles. The highest BCUT2D eigenvalue weighted by atomic mass is 79.9. The lowest BCUT2D eigenvalue weighted by molar-refractivity contribution is 0.925. The van der Waals surface area contributed by atoms with E-state index in [1.165, 1.54) is 0 Å². The van der Waals surface area contributed by atoms with Gasteiger partial charge in [-0.25, -0.2) is 4.98 Å². The molecule has 0 N–H and O–H groups in total. The highest BCUT2D eigenvalue weighted by Gasteiger charge is 2.06. The molecule has 0 radical (unpaired) electrons. The molecule has 1 aromatic carbocycles. The van der Waals surface area contributed by atoms with Crippen molar-refractivity contribution in [3.05, 3.63) is 40.1 Å². The van der Waals surface area contributed by atoms with E-state index in [1.807, 2.05) is 35.9 Å². The summed E-state index contributed by atoms with van der Waals surface area (Å²) in [4.78, 5) is 4.24. The SMILES string of the molecule is Cn1c(Cl)cnc1-c1cccc(Br)c1. The van der Waals surface area contributed by atoms with Crippen LogP contribution in [0, 0.1) is 0 Å². The van der Waals surface area contributed by atoms with Gasteiger partial charge < -0.3 is 4.57 Å². The van der Waals surface area contributed by atoms with Crippen molar-refractivity contribution in [3.63, 3.8) is 0 Å². The van der Waals surface area contributed by atoms with Crippen LogP contribution in [0.25, 0.3) is 11.4 Å². The zero-order valence-corrected chi connectivity index (χ0v) is 9.88. The minimum atomic E-state index is 0.639. The van der Waals surface area contributed by atoms with Gasteiger partial charge in [0.1, 0.15) is 11.0 Å². The maximum Gasteiger partial charge on any atom is 0.140 e. The fourth-order valence-electron chi connectivity index (χ4n) is 1.28. The normalized spacial score (nSPS) is 10.5. The van der Waals surface area contributed by atoms with Crippen LogP contribution < -0.4 is 0 Å². The minimum absolute atomic E-state index is 0.639. The Morgan fingerprint density at radius 2 is 2.21 bits per heavy atom. The van der Waals surface area contributed by atoms with E-state index in [9.17, 15) is 0 Å². The topological polar surface area (TPSA) is 17.8 Å². The molecule has 4 heteroatoms. The van der Waals surface area contributed by atoms with Crippen LogP contribution >= 0.6 is 27.5 Å². The predicted molar refractivity (Wildman–Crippen MR) is 61.4 cm³/mol. The highest BCUT2D eigenvalue weighted by molar-refractivity contribution is 9.10. The second kappa shape index (κ2) is 3.75. The Morgan fingerprint density at radius 3 is 2.79 bits per heavy atom. The van der Waals surface area contributed by atoms with Gasteiger partial charge in [-0.1, -0.05) is 39.7 Å². The van der Waals surface area contributed by atoms with Crippen LogP contribution in [0.15, 0.2) is 34.9 Å². The first kappa shape index (κ1) is 9.74. The number of halogens is 2. The Labute approximate surface area is 95.7 Å². The second-order valence-electron chi connectivity index (χ2n) is 2.97. The molecule has 2 rings (SSSR count). The van der Waals surface area contributed by atoms with Gasteiger partial charge in [0.25, 0.3) is 0 Å². The van der Waals surface area contributed by atoms with Crippen molar-refractivity contribution >= 4 is 27.5 Å². The third kappa shape index (κ3) is 1.70. The van der Waals surface area contributed by atoms with E-state index in [0.29, 0.717) is 5.15 Å². The van der Waals surface area contributed by atoms with Crippen molar-refractivity contribution < 1.29 is 0 Å². The van der Waals surface area contributed by atoms with E-state index in [2.05, 4.69) is 20.9 Å². The first-order valence-electron chi connectivity index (χ1n) is 4.11. The van der Waals surface area contributed by atoms with Crippen LogP contribution in [-0.2, 0) is 7.05 Å². The third-order valence-electron chi connectivity index (χ3n) is 2.01. The van der Waals surface area contributed by atoms with E-state index >= 15 is 0 Å². The van der Waals surface area contributed by atoms with Crippen molar-refractivity contribution in [3.8, 4) is 11.4 Å². The molecule has 0 bridgehead atoms. The van der Waals surface area contributed by atoms with Crippen molar-refractivity contribution in [1.82, 2.24) is 9.55 Å². The standard InChI is InChI=1S/C10H8BrClN2/c1-14-9(12)6-13-10(14)7-3-2-4-8(11)5-7/h2-6H,1H3. The van der Waals surface area contributed by atoms with Gasteiger partial charge in [0.15, 0.2) is 0 Å². The molecule has 2 aromatic rings. The van der Waals surface area contributed by atoms with E-state index in [4.69, 9.17) is 11.6 Å². The number of imidazole rings is 1. The number of aromatic nitrogens is 2. The van der Waals surface area contributed by atoms with Gasteiger partial charge in [-0.3, -0.25) is 0 Å². The summed E-state index contributed by atoms with van der Waals surface area (Å²) >= 11 is 9.33. The minimum Gasteiger partial charge on any atom is -0.318 e. The number of hydrogen-bond donors (Lipinski definition) is 0. The van der Waals surface area contributed by atoms with Crippen LogP contribution in [0.5, 0.6) is 0 Å². The smallest absolute Gasteiger partial charge is 0.140 e. The Hall–Kier alpha value is -0.800. The molecule has 0 unspecified atom stereocenters. The average molecular weight is 272 g/mol. The van der Waals surface area contributed by atoms with Gasteiger partial charge in [-0.2, -0.15) is 0 Å². The van der Waals surface area contributed by atoms with Gasteiger partial charge in [-0.15, -0.1) is 0 Å².